The SMILES string of the molecule is CC1=C(C)[C](C)([Zr]([CH3])[C]2(C)C(C)=C(C)C(C)=C2C)C(C)=C1C.[CH2]c1ccccc1. The van der Waals surface area contributed by atoms with Crippen LogP contribution in [0.25, 0.3) is 0 Å². The normalized spacial score (nSPS) is 20.4. The first-order valence-electron chi connectivity index (χ1n) is 10.8. The first kappa shape index (κ1) is 24.3. The van der Waals surface area contributed by atoms with Crippen LogP contribution in [0.2, 0.25) is 10.9 Å². The second kappa shape index (κ2) is 8.66. The van der Waals surface area contributed by atoms with Gasteiger partial charge in [-0.05, 0) is 12.5 Å². The molecule has 0 fully saturated rings. The van der Waals surface area contributed by atoms with Gasteiger partial charge in [0, 0.05) is 0 Å². The van der Waals surface area contributed by atoms with Crippen molar-refractivity contribution in [1.29, 1.82) is 0 Å². The van der Waals surface area contributed by atoms with E-state index in [1.165, 1.54) is 0 Å². The second-order valence-electron chi connectivity index (χ2n) is 9.36. The van der Waals surface area contributed by atoms with Crippen molar-refractivity contribution in [2.75, 3.05) is 0 Å². The maximum absolute atomic E-state index is 3.72. The van der Waals surface area contributed by atoms with E-state index >= 15 is 0 Å². The van der Waals surface area contributed by atoms with Gasteiger partial charge in [0.15, 0.2) is 0 Å². The van der Waals surface area contributed by atoms with E-state index < -0.39 is 21.8 Å². The molecule has 2 aliphatic carbocycles. The first-order valence-corrected chi connectivity index (χ1v) is 15.7. The van der Waals surface area contributed by atoms with E-state index in [0.29, 0.717) is 6.25 Å². The molecule has 0 unspecified atom stereocenters. The molecule has 0 saturated carbocycles. The van der Waals surface area contributed by atoms with E-state index in [9.17, 15) is 0 Å². The minimum atomic E-state index is -1.86. The molecular formula is C28H40Zr. The predicted octanol–water partition coefficient (Wildman–Crippen LogP) is 9.25. The van der Waals surface area contributed by atoms with Crippen molar-refractivity contribution in [2.45, 2.75) is 80.1 Å². The number of allylic oxidation sites excluding steroid dienone is 8. The van der Waals surface area contributed by atoms with E-state index in [1.807, 2.05) is 30.3 Å². The molecule has 0 atom stereocenters. The van der Waals surface area contributed by atoms with Crippen molar-refractivity contribution in [2.24, 2.45) is 0 Å². The Morgan fingerprint density at radius 3 is 1.07 bits per heavy atom. The monoisotopic (exact) mass is 466 g/mol. The van der Waals surface area contributed by atoms with Gasteiger partial charge in [0.25, 0.3) is 0 Å². The van der Waals surface area contributed by atoms with Crippen molar-refractivity contribution in [3.8, 4) is 0 Å². The van der Waals surface area contributed by atoms with Crippen LogP contribution in [-0.2, 0) is 21.8 Å². The van der Waals surface area contributed by atoms with E-state index in [2.05, 4.69) is 80.8 Å². The molecule has 1 radical (unpaired) electrons. The van der Waals surface area contributed by atoms with Gasteiger partial charge >= 0.3 is 146 Å². The van der Waals surface area contributed by atoms with E-state index in [-0.39, 0.29) is 0 Å². The molecule has 1 heteroatoms. The number of hydrogen-bond acceptors (Lipinski definition) is 0. The van der Waals surface area contributed by atoms with Gasteiger partial charge in [0.1, 0.15) is 0 Å². The number of rotatable bonds is 2. The molecule has 0 saturated heterocycles. The minimum Gasteiger partial charge on any atom is -0.0622 e. The third kappa shape index (κ3) is 3.78. The second-order valence-corrected chi connectivity index (χ2v) is 17.3. The van der Waals surface area contributed by atoms with Crippen LogP contribution in [-0.4, -0.2) is 0 Å². The zero-order chi connectivity index (χ0) is 22.3. The summed E-state index contributed by atoms with van der Waals surface area (Å²) >= 11 is -1.86. The number of hydrogen-bond donors (Lipinski definition) is 0. The van der Waals surface area contributed by atoms with Crippen molar-refractivity contribution < 1.29 is 21.8 Å². The molecule has 0 spiro atoms. The van der Waals surface area contributed by atoms with Crippen LogP contribution in [0.3, 0.4) is 0 Å². The molecule has 156 valence electrons. The van der Waals surface area contributed by atoms with Crippen molar-refractivity contribution in [3.05, 3.63) is 87.4 Å². The van der Waals surface area contributed by atoms with Crippen molar-refractivity contribution in [1.82, 2.24) is 0 Å². The Balaban J connectivity index is 0.000000360. The Hall–Kier alpha value is -0.937. The molecule has 0 aromatic heterocycles. The summed E-state index contributed by atoms with van der Waals surface area (Å²) < 4.78 is 3.39. The number of benzene rings is 1. The maximum Gasteiger partial charge on any atom is -0.0238 e. The Morgan fingerprint density at radius 1 is 0.586 bits per heavy atom. The predicted molar refractivity (Wildman–Crippen MR) is 127 cm³/mol. The molecule has 1 aromatic rings. The molecular weight excluding hydrogens is 428 g/mol. The van der Waals surface area contributed by atoms with E-state index in [4.69, 9.17) is 0 Å². The summed E-state index contributed by atoms with van der Waals surface area (Å²) in [4.78, 5) is 0. The van der Waals surface area contributed by atoms with Crippen LogP contribution in [0.5, 0.6) is 0 Å². The van der Waals surface area contributed by atoms with Gasteiger partial charge < -0.3 is 0 Å². The van der Waals surface area contributed by atoms with Gasteiger partial charge in [0.05, 0.1) is 0 Å². The van der Waals surface area contributed by atoms with Crippen LogP contribution >= 0.6 is 0 Å². The smallest absolute Gasteiger partial charge is 0.0238 e. The molecule has 0 bridgehead atoms. The first-order chi connectivity index (χ1) is 13.3. The van der Waals surface area contributed by atoms with Gasteiger partial charge in [-0.15, -0.1) is 0 Å². The van der Waals surface area contributed by atoms with Gasteiger partial charge in [-0.25, -0.2) is 0 Å². The standard InChI is InChI=1S/2C10H15.C7H7.CH3.Zr/c2*1-6-7(2)9(4)10(5)8(6)3;1-7-5-3-2-4-6-7;;/h2*1-5H3;2-6H,1H2;1H3;. The summed E-state index contributed by atoms with van der Waals surface area (Å²) in [5.74, 6) is 0. The largest absolute Gasteiger partial charge is 0.0622 e. The molecule has 0 aliphatic heterocycles. The molecule has 0 N–H and O–H groups in total. The fourth-order valence-electron chi connectivity index (χ4n) is 5.29. The molecule has 29 heavy (non-hydrogen) atoms. The Morgan fingerprint density at radius 2 is 0.862 bits per heavy atom. The van der Waals surface area contributed by atoms with Crippen LogP contribution in [0.4, 0.5) is 0 Å². The molecule has 0 amide bonds. The molecule has 3 rings (SSSR count). The summed E-state index contributed by atoms with van der Waals surface area (Å²) in [6.07, 6.45) is 0. The fourth-order valence-corrected chi connectivity index (χ4v) is 15.1. The van der Waals surface area contributed by atoms with Gasteiger partial charge in [-0.1, -0.05) is 30.3 Å². The average molecular weight is 468 g/mol. The van der Waals surface area contributed by atoms with Crippen molar-refractivity contribution in [3.63, 3.8) is 0 Å². The Bertz CT molecular complexity index is 812. The Labute approximate surface area is 188 Å². The van der Waals surface area contributed by atoms with Gasteiger partial charge in [-0.3, -0.25) is 0 Å². The van der Waals surface area contributed by atoms with Crippen LogP contribution in [0.15, 0.2) is 74.9 Å². The van der Waals surface area contributed by atoms with Crippen LogP contribution in [0.1, 0.15) is 74.8 Å². The summed E-state index contributed by atoms with van der Waals surface area (Å²) in [6, 6.07) is 9.87. The quantitative estimate of drug-likeness (QED) is 0.406. The minimum absolute atomic E-state index is 0.360. The third-order valence-corrected chi connectivity index (χ3v) is 19.8. The molecule has 0 nitrogen and oxygen atoms in total. The summed E-state index contributed by atoms with van der Waals surface area (Å²) in [5.41, 5.74) is 13.9. The van der Waals surface area contributed by atoms with Gasteiger partial charge in [-0.2, -0.15) is 0 Å². The summed E-state index contributed by atoms with van der Waals surface area (Å²) in [5, 5.41) is 0. The third-order valence-electron chi connectivity index (χ3n) is 8.72. The van der Waals surface area contributed by atoms with E-state index in [1.54, 1.807) is 44.6 Å². The van der Waals surface area contributed by atoms with E-state index in [0.717, 1.165) is 5.56 Å². The zero-order valence-electron chi connectivity index (χ0n) is 20.6. The Kier molecular flexibility index (Phi) is 7.27. The van der Waals surface area contributed by atoms with Crippen LogP contribution < -0.4 is 0 Å². The van der Waals surface area contributed by atoms with Crippen LogP contribution in [0, 0.1) is 6.92 Å². The molecule has 2 aliphatic rings. The maximum atomic E-state index is 3.72. The molecule has 0 heterocycles. The molecule has 1 aromatic carbocycles. The zero-order valence-corrected chi connectivity index (χ0v) is 23.1. The summed E-state index contributed by atoms with van der Waals surface area (Å²) in [7, 11) is 0. The topological polar surface area (TPSA) is 0 Å². The van der Waals surface area contributed by atoms with Crippen molar-refractivity contribution >= 4 is 0 Å². The fraction of sp³-hybridized carbons (Fsp3) is 0.464. The summed E-state index contributed by atoms with van der Waals surface area (Å²) in [6.45, 7) is 27.7. The van der Waals surface area contributed by atoms with Gasteiger partial charge in [0.2, 0.25) is 0 Å². The average Bonchev–Trinajstić information content (AvgIpc) is 2.96.